The molecule has 0 radical (unpaired) electrons. The summed E-state index contributed by atoms with van der Waals surface area (Å²) in [4.78, 5) is 14.6. The van der Waals surface area contributed by atoms with Crippen LogP contribution in [0.3, 0.4) is 0 Å². The smallest absolute Gasteiger partial charge is 0.237 e. The number of hydrogen-bond donors (Lipinski definition) is 1. The molecular formula is C17H28N4O3. The number of aromatic nitrogens is 2. The average Bonchev–Trinajstić information content (AvgIpc) is 3.24. The summed E-state index contributed by atoms with van der Waals surface area (Å²) in [6, 6.07) is -0.155. The molecule has 1 amide bonds. The Morgan fingerprint density at radius 2 is 2.25 bits per heavy atom. The molecule has 2 aliphatic rings. The molecule has 7 heteroatoms. The van der Waals surface area contributed by atoms with Crippen molar-refractivity contribution in [1.82, 2.24) is 20.0 Å². The van der Waals surface area contributed by atoms with Crippen LogP contribution >= 0.6 is 0 Å². The molecule has 0 aromatic carbocycles. The average molecular weight is 336 g/mol. The van der Waals surface area contributed by atoms with Crippen LogP contribution in [0.1, 0.15) is 25.3 Å². The van der Waals surface area contributed by atoms with E-state index in [1.807, 2.05) is 30.9 Å². The van der Waals surface area contributed by atoms with Crippen molar-refractivity contribution >= 4 is 5.91 Å². The van der Waals surface area contributed by atoms with Gasteiger partial charge in [-0.25, -0.2) is 0 Å². The summed E-state index contributed by atoms with van der Waals surface area (Å²) in [5.41, 5.74) is 1.14. The zero-order valence-electron chi connectivity index (χ0n) is 14.6. The van der Waals surface area contributed by atoms with E-state index in [1.54, 1.807) is 0 Å². The number of nitrogens with one attached hydrogen (secondary N) is 1. The standard InChI is InChI=1S/C17H28N4O3/c1-13-8-19-21(10-13)12-16-11-20(5-7-24-16)14(2)17(22)18-9-15-4-3-6-23-15/h8,10,14-16H,3-7,9,11-12H2,1-2H3,(H,18,22)/t14-,15+,16+/m1/s1. The molecule has 0 bridgehead atoms. The van der Waals surface area contributed by atoms with Crippen molar-refractivity contribution in [3.8, 4) is 0 Å². The van der Waals surface area contributed by atoms with Crippen LogP contribution in [0.15, 0.2) is 12.4 Å². The van der Waals surface area contributed by atoms with Crippen LogP contribution in [0, 0.1) is 6.92 Å². The number of amides is 1. The van der Waals surface area contributed by atoms with Gasteiger partial charge in [0.2, 0.25) is 5.91 Å². The van der Waals surface area contributed by atoms with Gasteiger partial charge in [0, 0.05) is 32.4 Å². The largest absolute Gasteiger partial charge is 0.376 e. The van der Waals surface area contributed by atoms with Gasteiger partial charge >= 0.3 is 0 Å². The van der Waals surface area contributed by atoms with Gasteiger partial charge in [-0.1, -0.05) is 0 Å². The number of nitrogens with zero attached hydrogens (tertiary/aromatic N) is 3. The van der Waals surface area contributed by atoms with Gasteiger partial charge in [-0.3, -0.25) is 14.4 Å². The molecule has 7 nitrogen and oxygen atoms in total. The normalized spacial score (nSPS) is 26.4. The maximum absolute atomic E-state index is 12.4. The first kappa shape index (κ1) is 17.4. The summed E-state index contributed by atoms with van der Waals surface area (Å²) in [7, 11) is 0. The van der Waals surface area contributed by atoms with Crippen LogP contribution < -0.4 is 5.32 Å². The molecule has 2 fully saturated rings. The van der Waals surface area contributed by atoms with Crippen molar-refractivity contribution < 1.29 is 14.3 Å². The highest BCUT2D eigenvalue weighted by Gasteiger charge is 2.28. The highest BCUT2D eigenvalue weighted by atomic mass is 16.5. The number of ether oxygens (including phenoxy) is 2. The predicted octanol–water partition coefficient (Wildman–Crippen LogP) is 0.576. The van der Waals surface area contributed by atoms with E-state index in [2.05, 4.69) is 15.3 Å². The summed E-state index contributed by atoms with van der Waals surface area (Å²) < 4.78 is 13.3. The fourth-order valence-electron chi connectivity index (χ4n) is 3.31. The van der Waals surface area contributed by atoms with Crippen LogP contribution in [-0.2, 0) is 20.8 Å². The highest BCUT2D eigenvalue weighted by Crippen LogP contribution is 2.13. The molecule has 3 heterocycles. The first-order chi connectivity index (χ1) is 11.6. The number of carbonyl (C=O) groups excluding carboxylic acids is 1. The molecule has 2 saturated heterocycles. The molecule has 1 aromatic heterocycles. The minimum absolute atomic E-state index is 0.0615. The maximum Gasteiger partial charge on any atom is 0.237 e. The van der Waals surface area contributed by atoms with E-state index in [1.165, 1.54) is 0 Å². The van der Waals surface area contributed by atoms with E-state index in [9.17, 15) is 4.79 Å². The molecule has 0 unspecified atom stereocenters. The van der Waals surface area contributed by atoms with Crippen molar-refractivity contribution in [1.29, 1.82) is 0 Å². The van der Waals surface area contributed by atoms with Gasteiger partial charge in [0.1, 0.15) is 0 Å². The van der Waals surface area contributed by atoms with E-state index < -0.39 is 0 Å². The lowest BCUT2D eigenvalue weighted by atomic mass is 10.2. The van der Waals surface area contributed by atoms with E-state index in [0.29, 0.717) is 19.7 Å². The molecule has 3 atom stereocenters. The minimum Gasteiger partial charge on any atom is -0.376 e. The molecule has 3 rings (SSSR count). The summed E-state index contributed by atoms with van der Waals surface area (Å²) >= 11 is 0. The second-order valence-corrected chi connectivity index (χ2v) is 6.78. The lowest BCUT2D eigenvalue weighted by molar-refractivity contribution is -0.130. The van der Waals surface area contributed by atoms with E-state index >= 15 is 0 Å². The van der Waals surface area contributed by atoms with Gasteiger partial charge in [0.05, 0.1) is 37.6 Å². The number of hydrogen-bond acceptors (Lipinski definition) is 5. The zero-order valence-corrected chi connectivity index (χ0v) is 14.6. The number of morpholine rings is 1. The fourth-order valence-corrected chi connectivity index (χ4v) is 3.31. The third-order valence-electron chi connectivity index (χ3n) is 4.78. The quantitative estimate of drug-likeness (QED) is 0.823. The van der Waals surface area contributed by atoms with Crippen molar-refractivity contribution in [2.45, 2.75) is 51.5 Å². The number of aryl methyl sites for hydroxylation is 1. The Bertz CT molecular complexity index is 542. The molecule has 134 valence electrons. The van der Waals surface area contributed by atoms with Gasteiger partial charge in [-0.15, -0.1) is 0 Å². The number of carbonyl (C=O) groups is 1. The van der Waals surface area contributed by atoms with Crippen molar-refractivity contribution in [3.63, 3.8) is 0 Å². The van der Waals surface area contributed by atoms with Crippen LogP contribution in [0.2, 0.25) is 0 Å². The molecule has 2 aliphatic heterocycles. The Balaban J connectivity index is 1.46. The van der Waals surface area contributed by atoms with Crippen LogP contribution in [0.5, 0.6) is 0 Å². The predicted molar refractivity (Wildman–Crippen MR) is 89.7 cm³/mol. The van der Waals surface area contributed by atoms with Gasteiger partial charge < -0.3 is 14.8 Å². The maximum atomic E-state index is 12.4. The van der Waals surface area contributed by atoms with Crippen molar-refractivity contribution in [2.75, 3.05) is 32.8 Å². The summed E-state index contributed by atoms with van der Waals surface area (Å²) in [6.07, 6.45) is 6.24. The second kappa shape index (κ2) is 8.09. The SMILES string of the molecule is Cc1cnn(C[C@@H]2CN([C@H](C)C(=O)NC[C@@H]3CCCO3)CCO2)c1. The van der Waals surface area contributed by atoms with Gasteiger partial charge in [-0.2, -0.15) is 5.10 Å². The topological polar surface area (TPSA) is 68.6 Å². The molecule has 0 aliphatic carbocycles. The van der Waals surface area contributed by atoms with Crippen LogP contribution in [0.25, 0.3) is 0 Å². The lowest BCUT2D eigenvalue weighted by Crippen LogP contribution is -2.53. The first-order valence-electron chi connectivity index (χ1n) is 8.86. The monoisotopic (exact) mass is 336 g/mol. The second-order valence-electron chi connectivity index (χ2n) is 6.78. The molecular weight excluding hydrogens is 308 g/mol. The van der Waals surface area contributed by atoms with Crippen LogP contribution in [0.4, 0.5) is 0 Å². The summed E-state index contributed by atoms with van der Waals surface area (Å²) in [5.74, 6) is 0.0704. The van der Waals surface area contributed by atoms with E-state index in [0.717, 1.165) is 38.1 Å². The third-order valence-corrected chi connectivity index (χ3v) is 4.78. The summed E-state index contributed by atoms with van der Waals surface area (Å²) in [5, 5.41) is 7.34. The lowest BCUT2D eigenvalue weighted by Gasteiger charge is -2.36. The Morgan fingerprint density at radius 3 is 2.96 bits per heavy atom. The number of rotatable bonds is 6. The zero-order chi connectivity index (χ0) is 16.9. The Morgan fingerprint density at radius 1 is 1.42 bits per heavy atom. The Kier molecular flexibility index (Phi) is 5.86. The van der Waals surface area contributed by atoms with Crippen molar-refractivity contribution in [2.24, 2.45) is 0 Å². The molecule has 0 spiro atoms. The fraction of sp³-hybridized carbons (Fsp3) is 0.765. The van der Waals surface area contributed by atoms with Gasteiger partial charge in [0.25, 0.3) is 0 Å². The van der Waals surface area contributed by atoms with Crippen molar-refractivity contribution in [3.05, 3.63) is 18.0 Å². The third kappa shape index (κ3) is 4.55. The minimum atomic E-state index is -0.155. The van der Waals surface area contributed by atoms with Gasteiger partial charge in [-0.05, 0) is 32.3 Å². The Hall–Kier alpha value is -1.44. The molecule has 0 saturated carbocycles. The van der Waals surface area contributed by atoms with E-state index in [4.69, 9.17) is 9.47 Å². The first-order valence-corrected chi connectivity index (χ1v) is 8.86. The van der Waals surface area contributed by atoms with Crippen LogP contribution in [-0.4, -0.2) is 71.7 Å². The molecule has 24 heavy (non-hydrogen) atoms. The van der Waals surface area contributed by atoms with E-state index in [-0.39, 0.29) is 24.2 Å². The Labute approximate surface area is 143 Å². The van der Waals surface area contributed by atoms with Gasteiger partial charge in [0.15, 0.2) is 0 Å². The molecule has 1 N–H and O–H groups in total. The molecule has 1 aromatic rings. The summed E-state index contributed by atoms with van der Waals surface area (Å²) in [6.45, 7) is 8.31. The highest BCUT2D eigenvalue weighted by molar-refractivity contribution is 5.81.